The Bertz CT molecular complexity index is 362. The number of rotatable bonds is 1. The molecule has 0 fully saturated rings. The minimum absolute atomic E-state index is 0.147. The summed E-state index contributed by atoms with van der Waals surface area (Å²) < 4.78 is 5.60. The molecular formula is C13H18N2O. The summed E-state index contributed by atoms with van der Waals surface area (Å²) in [4.78, 5) is 3.35. The van der Waals surface area contributed by atoms with Crippen molar-refractivity contribution in [3.05, 3.63) is 22.7 Å². The van der Waals surface area contributed by atoms with Gasteiger partial charge < -0.3 is 4.74 Å². The number of nitriles is 1. The Morgan fingerprint density at radius 1 is 1.56 bits per heavy atom. The van der Waals surface area contributed by atoms with Gasteiger partial charge in [0.15, 0.2) is 6.07 Å². The highest BCUT2D eigenvalue weighted by Gasteiger charge is 2.35. The van der Waals surface area contributed by atoms with E-state index in [1.807, 2.05) is 13.0 Å². The van der Waals surface area contributed by atoms with Gasteiger partial charge in [-0.3, -0.25) is 4.85 Å². The highest BCUT2D eigenvalue weighted by atomic mass is 16.5. The molecule has 1 aliphatic heterocycles. The molecule has 0 aromatic carbocycles. The molecule has 0 saturated carbocycles. The Labute approximate surface area is 97.5 Å². The van der Waals surface area contributed by atoms with Crippen molar-refractivity contribution >= 4 is 0 Å². The van der Waals surface area contributed by atoms with Crippen LogP contribution >= 0.6 is 0 Å². The van der Waals surface area contributed by atoms with Crippen molar-refractivity contribution in [2.45, 2.75) is 40.2 Å². The average Bonchev–Trinajstić information content (AvgIpc) is 2.20. The third kappa shape index (κ3) is 2.55. The normalized spacial score (nSPS) is 23.0. The summed E-state index contributed by atoms with van der Waals surface area (Å²) in [5.74, 6) is 1.15. The zero-order chi connectivity index (χ0) is 12.3. The molecule has 16 heavy (non-hydrogen) atoms. The number of ether oxygens (including phenoxy) is 1. The van der Waals surface area contributed by atoms with Crippen LogP contribution in [0.1, 0.15) is 34.1 Å². The zero-order valence-electron chi connectivity index (χ0n) is 10.4. The van der Waals surface area contributed by atoms with Gasteiger partial charge in [0.1, 0.15) is 5.76 Å². The third-order valence-electron chi connectivity index (χ3n) is 3.23. The molecular weight excluding hydrogens is 200 g/mol. The molecule has 0 bridgehead atoms. The lowest BCUT2D eigenvalue weighted by molar-refractivity contribution is 0.0771. The lowest BCUT2D eigenvalue weighted by Gasteiger charge is -2.34. The summed E-state index contributed by atoms with van der Waals surface area (Å²) in [5, 5.41) is 8.93. The predicted octanol–water partition coefficient (Wildman–Crippen LogP) is 3.15. The highest BCUT2D eigenvalue weighted by Crippen LogP contribution is 2.37. The van der Waals surface area contributed by atoms with Gasteiger partial charge in [-0.05, 0) is 18.8 Å². The fourth-order valence-corrected chi connectivity index (χ4v) is 1.83. The van der Waals surface area contributed by atoms with Crippen molar-refractivity contribution in [3.8, 4) is 6.07 Å². The van der Waals surface area contributed by atoms with Gasteiger partial charge in [-0.15, -0.1) is 0 Å². The second kappa shape index (κ2) is 4.58. The first-order valence-corrected chi connectivity index (χ1v) is 5.48. The molecule has 0 spiro atoms. The SMILES string of the molecule is [C-]#[N+]C(C#N)C1=C(C)OCC(C(C)(C)C)C1. The maximum absolute atomic E-state index is 8.93. The molecule has 1 heterocycles. The molecule has 0 aliphatic carbocycles. The van der Waals surface area contributed by atoms with Crippen molar-refractivity contribution in [2.24, 2.45) is 11.3 Å². The topological polar surface area (TPSA) is 37.4 Å². The second-order valence-electron chi connectivity index (χ2n) is 5.32. The van der Waals surface area contributed by atoms with Crippen LogP contribution < -0.4 is 0 Å². The summed E-state index contributed by atoms with van der Waals surface area (Å²) >= 11 is 0. The zero-order valence-corrected chi connectivity index (χ0v) is 10.4. The summed E-state index contributed by atoms with van der Waals surface area (Å²) in [6, 6.07) is 1.36. The lowest BCUT2D eigenvalue weighted by Crippen LogP contribution is -2.30. The van der Waals surface area contributed by atoms with Crippen molar-refractivity contribution in [1.29, 1.82) is 5.26 Å². The minimum Gasteiger partial charge on any atom is -0.498 e. The predicted molar refractivity (Wildman–Crippen MR) is 62.2 cm³/mol. The summed E-state index contributed by atoms with van der Waals surface area (Å²) in [5.41, 5.74) is 1.01. The molecule has 3 nitrogen and oxygen atoms in total. The molecule has 0 amide bonds. The van der Waals surface area contributed by atoms with Crippen LogP contribution in [0.3, 0.4) is 0 Å². The van der Waals surface area contributed by atoms with E-state index in [-0.39, 0.29) is 5.41 Å². The van der Waals surface area contributed by atoms with Gasteiger partial charge in [0.2, 0.25) is 0 Å². The third-order valence-corrected chi connectivity index (χ3v) is 3.23. The van der Waals surface area contributed by atoms with E-state index in [4.69, 9.17) is 16.6 Å². The monoisotopic (exact) mass is 218 g/mol. The molecule has 2 unspecified atom stereocenters. The maximum atomic E-state index is 8.93. The second-order valence-corrected chi connectivity index (χ2v) is 5.32. The first kappa shape index (κ1) is 12.6. The highest BCUT2D eigenvalue weighted by molar-refractivity contribution is 5.28. The number of hydrogen-bond acceptors (Lipinski definition) is 2. The Morgan fingerprint density at radius 3 is 2.62 bits per heavy atom. The lowest BCUT2D eigenvalue weighted by atomic mass is 9.75. The van der Waals surface area contributed by atoms with Gasteiger partial charge in [0.05, 0.1) is 12.2 Å². The van der Waals surface area contributed by atoms with E-state index in [9.17, 15) is 0 Å². The molecule has 86 valence electrons. The summed E-state index contributed by atoms with van der Waals surface area (Å²) in [7, 11) is 0. The molecule has 0 saturated heterocycles. The van der Waals surface area contributed by atoms with E-state index in [0.717, 1.165) is 17.8 Å². The number of hydrogen-bond donors (Lipinski definition) is 0. The van der Waals surface area contributed by atoms with Crippen LogP contribution in [-0.2, 0) is 4.74 Å². The van der Waals surface area contributed by atoms with Gasteiger partial charge in [0.25, 0.3) is 0 Å². The molecule has 0 radical (unpaired) electrons. The van der Waals surface area contributed by atoms with Crippen LogP contribution in [0.25, 0.3) is 4.85 Å². The van der Waals surface area contributed by atoms with E-state index >= 15 is 0 Å². The van der Waals surface area contributed by atoms with Crippen LogP contribution in [0.4, 0.5) is 0 Å². The van der Waals surface area contributed by atoms with Gasteiger partial charge >= 0.3 is 6.04 Å². The Kier molecular flexibility index (Phi) is 3.60. The average molecular weight is 218 g/mol. The van der Waals surface area contributed by atoms with Gasteiger partial charge in [-0.25, -0.2) is 6.57 Å². The van der Waals surface area contributed by atoms with Crippen LogP contribution in [0.2, 0.25) is 0 Å². The minimum atomic E-state index is -0.676. The van der Waals surface area contributed by atoms with Crippen LogP contribution in [0, 0.1) is 29.2 Å². The van der Waals surface area contributed by atoms with E-state index in [0.29, 0.717) is 12.5 Å². The molecule has 0 N–H and O–H groups in total. The summed E-state index contributed by atoms with van der Waals surface area (Å²) in [6.07, 6.45) is 0.802. The Morgan fingerprint density at radius 2 is 2.19 bits per heavy atom. The van der Waals surface area contributed by atoms with Crippen LogP contribution in [0.15, 0.2) is 11.3 Å². The number of allylic oxidation sites excluding steroid dienone is 1. The van der Waals surface area contributed by atoms with Crippen LogP contribution in [-0.4, -0.2) is 12.6 Å². The molecule has 2 atom stereocenters. The number of nitrogens with zero attached hydrogens (tertiary/aromatic N) is 2. The van der Waals surface area contributed by atoms with Gasteiger partial charge in [-0.1, -0.05) is 20.8 Å². The van der Waals surface area contributed by atoms with Gasteiger partial charge in [-0.2, -0.15) is 5.26 Å². The van der Waals surface area contributed by atoms with E-state index in [2.05, 4.69) is 25.6 Å². The Hall–Kier alpha value is -1.48. The molecule has 0 aromatic rings. The first-order valence-electron chi connectivity index (χ1n) is 5.48. The van der Waals surface area contributed by atoms with E-state index in [1.54, 1.807) is 0 Å². The summed E-state index contributed by atoms with van der Waals surface area (Å²) in [6.45, 7) is 16.1. The molecule has 1 rings (SSSR count). The van der Waals surface area contributed by atoms with Crippen molar-refractivity contribution < 1.29 is 4.74 Å². The quantitative estimate of drug-likeness (QED) is 0.634. The van der Waals surface area contributed by atoms with Crippen molar-refractivity contribution in [1.82, 2.24) is 0 Å². The van der Waals surface area contributed by atoms with Gasteiger partial charge in [0, 0.05) is 5.92 Å². The maximum Gasteiger partial charge on any atom is 0.331 e. The largest absolute Gasteiger partial charge is 0.498 e. The molecule has 1 aliphatic rings. The van der Waals surface area contributed by atoms with Crippen molar-refractivity contribution in [2.75, 3.05) is 6.61 Å². The molecule has 0 aromatic heterocycles. The van der Waals surface area contributed by atoms with Crippen molar-refractivity contribution in [3.63, 3.8) is 0 Å². The van der Waals surface area contributed by atoms with E-state index < -0.39 is 6.04 Å². The van der Waals surface area contributed by atoms with E-state index in [1.165, 1.54) is 0 Å². The first-order chi connectivity index (χ1) is 7.40. The smallest absolute Gasteiger partial charge is 0.331 e. The van der Waals surface area contributed by atoms with Crippen LogP contribution in [0.5, 0.6) is 0 Å². The molecule has 3 heteroatoms. The fraction of sp³-hybridized carbons (Fsp3) is 0.692. The standard InChI is InChI=1S/C13H18N2O/c1-9-11(12(7-14)15-5)6-10(8-16-9)13(2,3)4/h10,12H,6,8H2,1-4H3. The fourth-order valence-electron chi connectivity index (χ4n) is 1.83. The Balaban J connectivity index is 2.94.